The average molecular weight is 340 g/mol. The van der Waals surface area contributed by atoms with Gasteiger partial charge in [0.2, 0.25) is 5.91 Å². The molecule has 128 valence electrons. The van der Waals surface area contributed by atoms with Gasteiger partial charge in [-0.3, -0.25) is 9.59 Å². The molecular formula is C18H26ClNO3. The highest BCUT2D eigenvalue weighted by Crippen LogP contribution is 2.28. The zero-order valence-electron chi connectivity index (χ0n) is 14.3. The number of alkyl halides is 1. The number of hydrogen-bond acceptors (Lipinski definition) is 3. The van der Waals surface area contributed by atoms with Gasteiger partial charge < -0.3 is 10.1 Å². The maximum absolute atomic E-state index is 12.2. The molecule has 0 heterocycles. The number of nitrogens with one attached hydrogen (secondary N) is 1. The fourth-order valence-corrected chi connectivity index (χ4v) is 2.44. The van der Waals surface area contributed by atoms with Crippen LogP contribution in [0.15, 0.2) is 18.2 Å². The molecule has 0 aliphatic rings. The van der Waals surface area contributed by atoms with E-state index >= 15 is 0 Å². The Morgan fingerprint density at radius 3 is 2.30 bits per heavy atom. The van der Waals surface area contributed by atoms with Crippen LogP contribution in [-0.4, -0.2) is 23.7 Å². The number of anilines is 1. The molecule has 23 heavy (non-hydrogen) atoms. The van der Waals surface area contributed by atoms with Gasteiger partial charge in [-0.05, 0) is 44.4 Å². The smallest absolute Gasteiger partial charge is 0.227 e. The van der Waals surface area contributed by atoms with Gasteiger partial charge in [-0.1, -0.05) is 20.8 Å². The second kappa shape index (κ2) is 9.56. The standard InChI is InChI=1S/C18H26ClNO3/c1-5-12(6-2)18(22)20-15-10-9-13(11-16(15)23-8-4)17(21)14(19)7-3/h9-12,14H,5-8H2,1-4H3,(H,20,22). The molecule has 0 aliphatic heterocycles. The maximum Gasteiger partial charge on any atom is 0.227 e. The first-order valence-corrected chi connectivity index (χ1v) is 8.67. The van der Waals surface area contributed by atoms with Gasteiger partial charge in [0.05, 0.1) is 17.7 Å². The third kappa shape index (κ3) is 5.24. The van der Waals surface area contributed by atoms with Crippen molar-refractivity contribution in [2.45, 2.75) is 52.3 Å². The minimum atomic E-state index is -0.547. The monoisotopic (exact) mass is 339 g/mol. The number of benzene rings is 1. The molecule has 0 radical (unpaired) electrons. The van der Waals surface area contributed by atoms with Crippen molar-refractivity contribution in [2.24, 2.45) is 5.92 Å². The van der Waals surface area contributed by atoms with E-state index in [2.05, 4.69) is 5.32 Å². The van der Waals surface area contributed by atoms with E-state index < -0.39 is 5.38 Å². The number of Topliss-reactive ketones (excluding diaryl/α,β-unsaturated/α-hetero) is 1. The molecule has 0 bridgehead atoms. The van der Waals surface area contributed by atoms with Crippen molar-refractivity contribution in [1.82, 2.24) is 0 Å². The number of halogens is 1. The van der Waals surface area contributed by atoms with Crippen LogP contribution in [-0.2, 0) is 4.79 Å². The molecule has 5 heteroatoms. The third-order valence-corrected chi connectivity index (χ3v) is 4.33. The van der Waals surface area contributed by atoms with E-state index in [1.54, 1.807) is 18.2 Å². The van der Waals surface area contributed by atoms with Crippen molar-refractivity contribution in [3.63, 3.8) is 0 Å². The minimum Gasteiger partial charge on any atom is -0.492 e. The van der Waals surface area contributed by atoms with Crippen LogP contribution < -0.4 is 10.1 Å². The zero-order valence-corrected chi connectivity index (χ0v) is 15.1. The Morgan fingerprint density at radius 1 is 1.13 bits per heavy atom. The number of carbonyl (C=O) groups excluding carboxylic acids is 2. The van der Waals surface area contributed by atoms with Crippen LogP contribution in [0.2, 0.25) is 0 Å². The quantitative estimate of drug-likeness (QED) is 0.526. The van der Waals surface area contributed by atoms with Gasteiger partial charge in [0.1, 0.15) is 5.75 Å². The predicted molar refractivity (Wildman–Crippen MR) is 94.6 cm³/mol. The van der Waals surface area contributed by atoms with Crippen LogP contribution in [0.4, 0.5) is 5.69 Å². The van der Waals surface area contributed by atoms with E-state index in [4.69, 9.17) is 16.3 Å². The van der Waals surface area contributed by atoms with Crippen molar-refractivity contribution in [2.75, 3.05) is 11.9 Å². The number of amides is 1. The first-order chi connectivity index (χ1) is 11.0. The van der Waals surface area contributed by atoms with Gasteiger partial charge in [-0.15, -0.1) is 11.6 Å². The fourth-order valence-electron chi connectivity index (χ4n) is 2.31. The van der Waals surface area contributed by atoms with Gasteiger partial charge in [-0.2, -0.15) is 0 Å². The van der Waals surface area contributed by atoms with E-state index in [-0.39, 0.29) is 17.6 Å². The molecule has 1 rings (SSSR count). The number of ketones is 1. The highest BCUT2D eigenvalue weighted by Gasteiger charge is 2.19. The molecule has 0 saturated carbocycles. The Kier molecular flexibility index (Phi) is 8.10. The van der Waals surface area contributed by atoms with Crippen molar-refractivity contribution in [3.8, 4) is 5.75 Å². The third-order valence-electron chi connectivity index (χ3n) is 3.82. The van der Waals surface area contributed by atoms with Gasteiger partial charge >= 0.3 is 0 Å². The molecule has 0 aromatic heterocycles. The molecular weight excluding hydrogens is 314 g/mol. The van der Waals surface area contributed by atoms with E-state index in [9.17, 15) is 9.59 Å². The van der Waals surface area contributed by atoms with Crippen molar-refractivity contribution in [3.05, 3.63) is 23.8 Å². The van der Waals surface area contributed by atoms with E-state index in [1.807, 2.05) is 27.7 Å². The summed E-state index contributed by atoms with van der Waals surface area (Å²) in [5.74, 6) is 0.308. The first-order valence-electron chi connectivity index (χ1n) is 8.24. The van der Waals surface area contributed by atoms with Crippen molar-refractivity contribution < 1.29 is 14.3 Å². The number of carbonyl (C=O) groups is 2. The van der Waals surface area contributed by atoms with Gasteiger partial charge in [-0.25, -0.2) is 0 Å². The summed E-state index contributed by atoms with van der Waals surface area (Å²) in [6.45, 7) is 8.15. The van der Waals surface area contributed by atoms with Crippen LogP contribution in [0.3, 0.4) is 0 Å². The summed E-state index contributed by atoms with van der Waals surface area (Å²) in [5, 5.41) is 2.35. The summed E-state index contributed by atoms with van der Waals surface area (Å²) in [7, 11) is 0. The lowest BCUT2D eigenvalue weighted by Crippen LogP contribution is -2.22. The molecule has 0 saturated heterocycles. The molecule has 0 aliphatic carbocycles. The van der Waals surface area contributed by atoms with Crippen molar-refractivity contribution >= 4 is 29.0 Å². The van der Waals surface area contributed by atoms with Crippen LogP contribution >= 0.6 is 11.6 Å². The SMILES string of the molecule is CCOc1cc(C(=O)C(Cl)CC)ccc1NC(=O)C(CC)CC. The Bertz CT molecular complexity index is 541. The summed E-state index contributed by atoms with van der Waals surface area (Å²) in [6.07, 6.45) is 2.14. The molecule has 4 nitrogen and oxygen atoms in total. The van der Waals surface area contributed by atoms with Gasteiger partial charge in [0.25, 0.3) is 0 Å². The highest BCUT2D eigenvalue weighted by atomic mass is 35.5. The number of hydrogen-bond donors (Lipinski definition) is 1. The molecule has 0 fully saturated rings. The zero-order chi connectivity index (χ0) is 17.4. The lowest BCUT2D eigenvalue weighted by molar-refractivity contribution is -0.120. The fraction of sp³-hybridized carbons (Fsp3) is 0.556. The number of ether oxygens (including phenoxy) is 1. The predicted octanol–water partition coefficient (Wildman–Crippen LogP) is 4.66. The van der Waals surface area contributed by atoms with Gasteiger partial charge in [0, 0.05) is 11.5 Å². The summed E-state index contributed by atoms with van der Waals surface area (Å²) >= 11 is 6.02. The summed E-state index contributed by atoms with van der Waals surface area (Å²) < 4.78 is 5.58. The molecule has 1 aromatic rings. The van der Waals surface area contributed by atoms with Crippen LogP contribution in [0, 0.1) is 5.92 Å². The topological polar surface area (TPSA) is 55.4 Å². The van der Waals surface area contributed by atoms with Crippen LogP contribution in [0.25, 0.3) is 0 Å². The molecule has 1 atom stereocenters. The minimum absolute atomic E-state index is 0.0289. The van der Waals surface area contributed by atoms with E-state index in [0.29, 0.717) is 30.0 Å². The lowest BCUT2D eigenvalue weighted by Gasteiger charge is -2.16. The lowest BCUT2D eigenvalue weighted by atomic mass is 10.0. The number of rotatable bonds is 9. The summed E-state index contributed by atoms with van der Waals surface area (Å²) in [4.78, 5) is 24.4. The Labute approximate surface area is 143 Å². The van der Waals surface area contributed by atoms with Crippen LogP contribution in [0.5, 0.6) is 5.75 Å². The Hall–Kier alpha value is -1.55. The largest absolute Gasteiger partial charge is 0.492 e. The molecule has 1 amide bonds. The Morgan fingerprint density at radius 2 is 1.78 bits per heavy atom. The second-order valence-corrected chi connectivity index (χ2v) is 5.91. The average Bonchev–Trinajstić information content (AvgIpc) is 2.56. The van der Waals surface area contributed by atoms with E-state index in [0.717, 1.165) is 12.8 Å². The van der Waals surface area contributed by atoms with Gasteiger partial charge in [0.15, 0.2) is 5.78 Å². The summed E-state index contributed by atoms with van der Waals surface area (Å²) in [5.41, 5.74) is 1.08. The highest BCUT2D eigenvalue weighted by molar-refractivity contribution is 6.33. The van der Waals surface area contributed by atoms with E-state index in [1.165, 1.54) is 0 Å². The molecule has 1 N–H and O–H groups in total. The molecule has 1 unspecified atom stereocenters. The molecule has 0 spiro atoms. The van der Waals surface area contributed by atoms with Crippen LogP contribution in [0.1, 0.15) is 57.3 Å². The van der Waals surface area contributed by atoms with Crippen molar-refractivity contribution in [1.29, 1.82) is 0 Å². The Balaban J connectivity index is 3.04. The summed E-state index contributed by atoms with van der Waals surface area (Å²) in [6, 6.07) is 5.04. The first kappa shape index (κ1) is 19.5. The maximum atomic E-state index is 12.2. The molecule has 1 aromatic carbocycles. The second-order valence-electron chi connectivity index (χ2n) is 5.39. The normalized spacial score (nSPS) is 12.1.